The molecule has 3 aromatic rings. The summed E-state index contributed by atoms with van der Waals surface area (Å²) in [5.41, 5.74) is 3.37. The second kappa shape index (κ2) is 4.84. The minimum atomic E-state index is -0.110. The van der Waals surface area contributed by atoms with Gasteiger partial charge in [0.05, 0.1) is 17.9 Å². The van der Waals surface area contributed by atoms with Crippen LogP contribution in [0.1, 0.15) is 11.1 Å². The Morgan fingerprint density at radius 1 is 1.27 bits per heavy atom. The van der Waals surface area contributed by atoms with Crippen molar-refractivity contribution in [1.29, 1.82) is 0 Å². The highest BCUT2D eigenvalue weighted by molar-refractivity contribution is 7.80. The summed E-state index contributed by atoms with van der Waals surface area (Å²) in [6.07, 6.45) is 3.78. The number of rotatable bonds is 1. The van der Waals surface area contributed by atoms with Crippen molar-refractivity contribution in [2.24, 2.45) is 0 Å². The molecule has 5 nitrogen and oxygen atoms in total. The smallest absolute Gasteiger partial charge is 0.264 e. The first-order chi connectivity index (χ1) is 10.7. The lowest BCUT2D eigenvalue weighted by Crippen LogP contribution is -2.23. The highest BCUT2D eigenvalue weighted by Gasteiger charge is 2.25. The van der Waals surface area contributed by atoms with Gasteiger partial charge in [0.15, 0.2) is 11.4 Å². The number of ether oxygens (including phenoxy) is 1. The maximum absolute atomic E-state index is 12.9. The van der Waals surface area contributed by atoms with E-state index < -0.39 is 0 Å². The average Bonchev–Trinajstić information content (AvgIpc) is 3.02. The standard InChI is InChI=1S/C16H13N3O2S/c1-9-3-2-4-11(14(9)22)19-15-12(17-6-7-18-15)13-10(16(19)20)5-8-21-13/h2-4,6-7,22H,5,8H2,1H3. The van der Waals surface area contributed by atoms with Gasteiger partial charge < -0.3 is 4.74 Å². The number of hydrogen-bond donors (Lipinski definition) is 1. The SMILES string of the molecule is Cc1cccc(-n2c(=O)c3c(c4nccnc42)OCC3)c1S. The van der Waals surface area contributed by atoms with Crippen molar-refractivity contribution in [2.75, 3.05) is 6.61 Å². The molecule has 0 saturated heterocycles. The molecule has 0 radical (unpaired) electrons. The predicted octanol–water partition coefficient (Wildman–Crippen LogP) is 2.31. The van der Waals surface area contributed by atoms with Crippen molar-refractivity contribution in [3.63, 3.8) is 0 Å². The van der Waals surface area contributed by atoms with E-state index in [1.807, 2.05) is 25.1 Å². The van der Waals surface area contributed by atoms with Gasteiger partial charge in [-0.3, -0.25) is 9.36 Å². The van der Waals surface area contributed by atoms with Crippen LogP contribution in [0.5, 0.6) is 5.75 Å². The third-order valence-electron chi connectivity index (χ3n) is 3.90. The molecule has 0 N–H and O–H groups in total. The molecule has 1 aliphatic heterocycles. The molecule has 0 saturated carbocycles. The van der Waals surface area contributed by atoms with Gasteiger partial charge in [0.2, 0.25) is 0 Å². The number of benzene rings is 1. The molecule has 22 heavy (non-hydrogen) atoms. The number of fused-ring (bicyclic) bond motifs is 3. The monoisotopic (exact) mass is 311 g/mol. The maximum Gasteiger partial charge on any atom is 0.264 e. The first-order valence-corrected chi connectivity index (χ1v) is 7.43. The Kier molecular flexibility index (Phi) is 2.94. The highest BCUT2D eigenvalue weighted by atomic mass is 32.1. The molecule has 1 aliphatic rings. The summed E-state index contributed by atoms with van der Waals surface area (Å²) in [7, 11) is 0. The Hall–Kier alpha value is -2.34. The van der Waals surface area contributed by atoms with Crippen LogP contribution in [-0.2, 0) is 6.42 Å². The van der Waals surface area contributed by atoms with Gasteiger partial charge in [0.25, 0.3) is 5.56 Å². The molecule has 4 rings (SSSR count). The van der Waals surface area contributed by atoms with Crippen molar-refractivity contribution in [1.82, 2.24) is 14.5 Å². The number of hydrogen-bond acceptors (Lipinski definition) is 5. The van der Waals surface area contributed by atoms with Crippen LogP contribution in [0.25, 0.3) is 16.9 Å². The van der Waals surface area contributed by atoms with E-state index in [-0.39, 0.29) is 5.56 Å². The Bertz CT molecular complexity index is 965. The topological polar surface area (TPSA) is 57.0 Å². The lowest BCUT2D eigenvalue weighted by molar-refractivity contribution is 0.359. The fraction of sp³-hybridized carbons (Fsp3) is 0.188. The van der Waals surface area contributed by atoms with E-state index in [1.54, 1.807) is 17.0 Å². The molecular formula is C16H13N3O2S. The van der Waals surface area contributed by atoms with Crippen molar-refractivity contribution in [3.05, 3.63) is 52.1 Å². The summed E-state index contributed by atoms with van der Waals surface area (Å²) >= 11 is 4.56. The van der Waals surface area contributed by atoms with Crippen LogP contribution < -0.4 is 10.3 Å². The van der Waals surface area contributed by atoms with E-state index >= 15 is 0 Å². The first kappa shape index (κ1) is 13.3. The molecule has 3 heterocycles. The van der Waals surface area contributed by atoms with E-state index in [0.29, 0.717) is 41.2 Å². The van der Waals surface area contributed by atoms with E-state index in [1.165, 1.54) is 0 Å². The fourth-order valence-corrected chi connectivity index (χ4v) is 3.05. The lowest BCUT2D eigenvalue weighted by Gasteiger charge is -2.14. The van der Waals surface area contributed by atoms with Crippen molar-refractivity contribution in [2.45, 2.75) is 18.2 Å². The van der Waals surface area contributed by atoms with E-state index in [2.05, 4.69) is 22.6 Å². The summed E-state index contributed by atoms with van der Waals surface area (Å²) < 4.78 is 7.19. The molecule has 0 unspecified atom stereocenters. The van der Waals surface area contributed by atoms with Crippen molar-refractivity contribution in [3.8, 4) is 11.4 Å². The normalized spacial score (nSPS) is 13.2. The van der Waals surface area contributed by atoms with Gasteiger partial charge in [-0.05, 0) is 18.6 Å². The first-order valence-electron chi connectivity index (χ1n) is 6.99. The van der Waals surface area contributed by atoms with E-state index in [0.717, 1.165) is 10.5 Å². The molecule has 6 heteroatoms. The molecule has 0 amide bonds. The van der Waals surface area contributed by atoms with Gasteiger partial charge in [-0.25, -0.2) is 9.97 Å². The van der Waals surface area contributed by atoms with Gasteiger partial charge >= 0.3 is 0 Å². The zero-order valence-corrected chi connectivity index (χ0v) is 12.8. The third-order valence-corrected chi connectivity index (χ3v) is 4.48. The lowest BCUT2D eigenvalue weighted by atomic mass is 10.1. The predicted molar refractivity (Wildman–Crippen MR) is 86.3 cm³/mol. The highest BCUT2D eigenvalue weighted by Crippen LogP contribution is 2.31. The Balaban J connectivity index is 2.19. The molecule has 1 aromatic carbocycles. The Morgan fingerprint density at radius 3 is 2.95 bits per heavy atom. The second-order valence-electron chi connectivity index (χ2n) is 5.22. The third kappa shape index (κ3) is 1.77. The summed E-state index contributed by atoms with van der Waals surface area (Å²) in [5.74, 6) is 0.567. The number of nitrogens with zero attached hydrogens (tertiary/aromatic N) is 3. The summed E-state index contributed by atoms with van der Waals surface area (Å²) in [5, 5.41) is 0. The van der Waals surface area contributed by atoms with E-state index in [9.17, 15) is 4.79 Å². The number of thiol groups is 1. The zero-order valence-electron chi connectivity index (χ0n) is 11.9. The minimum absolute atomic E-state index is 0.110. The van der Waals surface area contributed by atoms with Gasteiger partial charge in [-0.2, -0.15) is 0 Å². The van der Waals surface area contributed by atoms with E-state index in [4.69, 9.17) is 4.74 Å². The second-order valence-corrected chi connectivity index (χ2v) is 5.67. The molecule has 110 valence electrons. The van der Waals surface area contributed by atoms with Crippen molar-refractivity contribution >= 4 is 23.8 Å². The van der Waals surface area contributed by atoms with Crippen LogP contribution in [0.4, 0.5) is 0 Å². The number of aromatic nitrogens is 3. The van der Waals surface area contributed by atoms with Crippen molar-refractivity contribution < 1.29 is 4.74 Å². The van der Waals surface area contributed by atoms with Gasteiger partial charge in [-0.15, -0.1) is 12.6 Å². The molecule has 0 fully saturated rings. The van der Waals surface area contributed by atoms with Gasteiger partial charge in [0, 0.05) is 23.7 Å². The van der Waals surface area contributed by atoms with Crippen LogP contribution in [0, 0.1) is 6.92 Å². The minimum Gasteiger partial charge on any atom is -0.490 e. The van der Waals surface area contributed by atoms with Gasteiger partial charge in [-0.1, -0.05) is 12.1 Å². The van der Waals surface area contributed by atoms with Crippen LogP contribution in [-0.4, -0.2) is 21.1 Å². The molecule has 2 aromatic heterocycles. The summed E-state index contributed by atoms with van der Waals surface area (Å²) in [6.45, 7) is 2.46. The molecule has 0 bridgehead atoms. The number of aryl methyl sites for hydroxylation is 1. The molecule has 0 aliphatic carbocycles. The van der Waals surface area contributed by atoms with Gasteiger partial charge in [0.1, 0.15) is 5.52 Å². The van der Waals surface area contributed by atoms with Crippen LogP contribution in [0.3, 0.4) is 0 Å². The molecule has 0 spiro atoms. The van der Waals surface area contributed by atoms with Crippen LogP contribution in [0.2, 0.25) is 0 Å². The fourth-order valence-electron chi connectivity index (χ4n) is 2.80. The Morgan fingerprint density at radius 2 is 2.09 bits per heavy atom. The van der Waals surface area contributed by atoms with Crippen LogP contribution >= 0.6 is 12.6 Å². The molecular weight excluding hydrogens is 298 g/mol. The Labute approximate surface area is 132 Å². The zero-order chi connectivity index (χ0) is 15.3. The quantitative estimate of drug-likeness (QED) is 0.701. The number of pyridine rings is 1. The maximum atomic E-state index is 12.9. The summed E-state index contributed by atoms with van der Waals surface area (Å²) in [4.78, 5) is 22.4. The average molecular weight is 311 g/mol. The molecule has 0 atom stereocenters. The largest absolute Gasteiger partial charge is 0.490 e. The van der Waals surface area contributed by atoms with Crippen LogP contribution in [0.15, 0.2) is 40.3 Å². The summed E-state index contributed by atoms with van der Waals surface area (Å²) in [6, 6.07) is 5.73.